The summed E-state index contributed by atoms with van der Waals surface area (Å²) in [7, 11) is 0. The van der Waals surface area contributed by atoms with Crippen LogP contribution in [0.4, 0.5) is 0 Å². The van der Waals surface area contributed by atoms with Gasteiger partial charge in [-0.25, -0.2) is 0 Å². The highest BCUT2D eigenvalue weighted by Gasteiger charge is 2.19. The van der Waals surface area contributed by atoms with Crippen molar-refractivity contribution < 1.29 is 28.6 Å². The van der Waals surface area contributed by atoms with Crippen LogP contribution in [0.25, 0.3) is 0 Å². The molecule has 0 heterocycles. The van der Waals surface area contributed by atoms with Crippen molar-refractivity contribution in [2.24, 2.45) is 0 Å². The van der Waals surface area contributed by atoms with Crippen LogP contribution in [0.1, 0.15) is 258 Å². The molecule has 0 bridgehead atoms. The molecule has 0 aliphatic heterocycles. The van der Waals surface area contributed by atoms with Crippen LogP contribution in [0.5, 0.6) is 0 Å². The molecule has 0 rings (SSSR count). The molecular weight excluding hydrogens is 769 g/mol. The molecule has 0 amide bonds. The average molecular weight is 867 g/mol. The van der Waals surface area contributed by atoms with Crippen molar-refractivity contribution in [3.05, 3.63) is 60.8 Å². The molecule has 0 spiro atoms. The van der Waals surface area contributed by atoms with E-state index in [0.29, 0.717) is 19.3 Å². The maximum atomic E-state index is 12.8. The first-order chi connectivity index (χ1) is 30.5. The van der Waals surface area contributed by atoms with Gasteiger partial charge in [0.15, 0.2) is 6.10 Å². The Morgan fingerprint density at radius 2 is 0.581 bits per heavy atom. The second kappa shape index (κ2) is 50.8. The van der Waals surface area contributed by atoms with Gasteiger partial charge in [0.1, 0.15) is 13.2 Å². The Kier molecular flexibility index (Phi) is 48.4. The third kappa shape index (κ3) is 48.1. The van der Waals surface area contributed by atoms with Crippen LogP contribution in [0, 0.1) is 0 Å². The molecule has 0 saturated carbocycles. The van der Waals surface area contributed by atoms with Crippen molar-refractivity contribution in [3.63, 3.8) is 0 Å². The lowest BCUT2D eigenvalue weighted by Gasteiger charge is -2.18. The summed E-state index contributed by atoms with van der Waals surface area (Å²) in [4.78, 5) is 37.8. The summed E-state index contributed by atoms with van der Waals surface area (Å²) < 4.78 is 16.7. The number of carbonyl (C=O) groups is 3. The van der Waals surface area contributed by atoms with E-state index in [-0.39, 0.29) is 31.1 Å². The lowest BCUT2D eigenvalue weighted by molar-refractivity contribution is -0.167. The van der Waals surface area contributed by atoms with Crippen LogP contribution in [-0.4, -0.2) is 37.2 Å². The van der Waals surface area contributed by atoms with E-state index >= 15 is 0 Å². The molecule has 0 aromatic rings. The normalized spacial score (nSPS) is 12.5. The predicted octanol–water partition coefficient (Wildman–Crippen LogP) is 17.3. The van der Waals surface area contributed by atoms with E-state index in [2.05, 4.69) is 81.5 Å². The Hall–Kier alpha value is -2.89. The fourth-order valence-electron chi connectivity index (χ4n) is 7.24. The predicted molar refractivity (Wildman–Crippen MR) is 265 cm³/mol. The van der Waals surface area contributed by atoms with E-state index in [1.54, 1.807) is 0 Å². The molecule has 1 unspecified atom stereocenters. The van der Waals surface area contributed by atoms with Crippen molar-refractivity contribution in [2.75, 3.05) is 13.2 Å². The van der Waals surface area contributed by atoms with E-state index in [0.717, 1.165) is 89.9 Å². The number of esters is 3. The molecule has 0 fully saturated rings. The highest BCUT2D eigenvalue weighted by Crippen LogP contribution is 2.14. The van der Waals surface area contributed by atoms with E-state index in [9.17, 15) is 14.4 Å². The summed E-state index contributed by atoms with van der Waals surface area (Å²) in [6.07, 6.45) is 62.1. The van der Waals surface area contributed by atoms with Gasteiger partial charge in [-0.15, -0.1) is 0 Å². The SMILES string of the molecule is CCCCC/C=C\C/C=C\C/C=C\CCCCCCCCC(=O)OCC(COC(=O)CCCCCCCCC)OC(=O)CCCCCCCCC/C=C\C/C=C\CCCCCC. The molecule has 6 heteroatoms. The van der Waals surface area contributed by atoms with Gasteiger partial charge in [0.05, 0.1) is 0 Å². The number of rotatable bonds is 47. The summed E-state index contributed by atoms with van der Waals surface area (Å²) in [5.41, 5.74) is 0. The monoisotopic (exact) mass is 867 g/mol. The molecule has 0 aromatic carbocycles. The van der Waals surface area contributed by atoms with E-state index in [4.69, 9.17) is 14.2 Å². The van der Waals surface area contributed by atoms with Crippen LogP contribution in [0.15, 0.2) is 60.8 Å². The molecule has 0 aromatic heterocycles. The number of allylic oxidation sites excluding steroid dienone is 10. The molecule has 0 aliphatic rings. The first-order valence-corrected chi connectivity index (χ1v) is 26.3. The lowest BCUT2D eigenvalue weighted by Crippen LogP contribution is -2.30. The zero-order chi connectivity index (χ0) is 45.1. The third-order valence-corrected chi connectivity index (χ3v) is 11.2. The fourth-order valence-corrected chi connectivity index (χ4v) is 7.24. The number of carbonyl (C=O) groups excluding carboxylic acids is 3. The van der Waals surface area contributed by atoms with E-state index < -0.39 is 6.10 Å². The summed E-state index contributed by atoms with van der Waals surface area (Å²) in [6.45, 7) is 6.54. The van der Waals surface area contributed by atoms with Gasteiger partial charge in [0.25, 0.3) is 0 Å². The molecule has 62 heavy (non-hydrogen) atoms. The molecule has 0 radical (unpaired) electrons. The van der Waals surface area contributed by atoms with Gasteiger partial charge in [-0.1, -0.05) is 210 Å². The first kappa shape index (κ1) is 59.1. The number of hydrogen-bond donors (Lipinski definition) is 0. The number of unbranched alkanes of at least 4 members (excludes halogenated alkanes) is 26. The number of hydrogen-bond acceptors (Lipinski definition) is 6. The van der Waals surface area contributed by atoms with Crippen molar-refractivity contribution in [1.29, 1.82) is 0 Å². The molecule has 0 saturated heterocycles. The average Bonchev–Trinajstić information content (AvgIpc) is 3.27. The maximum Gasteiger partial charge on any atom is 0.306 e. The quantitative estimate of drug-likeness (QED) is 0.0262. The highest BCUT2D eigenvalue weighted by molar-refractivity contribution is 5.71. The van der Waals surface area contributed by atoms with Gasteiger partial charge in [-0.2, -0.15) is 0 Å². The summed E-state index contributed by atoms with van der Waals surface area (Å²) in [6, 6.07) is 0. The summed E-state index contributed by atoms with van der Waals surface area (Å²) in [5, 5.41) is 0. The Morgan fingerprint density at radius 3 is 0.952 bits per heavy atom. The largest absolute Gasteiger partial charge is 0.462 e. The fraction of sp³-hybridized carbons (Fsp3) is 0.768. The number of ether oxygens (including phenoxy) is 3. The Bertz CT molecular complexity index is 1130. The standard InChI is InChI=1S/C56H98O6/c1-4-7-10-13-16-18-20-22-24-26-28-30-31-33-35-37-40-43-46-49-55(58)61-52-53(51-60-54(57)48-45-42-39-15-12-9-6-3)62-56(59)50-47-44-41-38-36-34-32-29-27-25-23-21-19-17-14-11-8-5-2/h16,18-19,21-22,24-25,27-28,30,53H,4-15,17,20,23,26,29,31-52H2,1-3H3/b18-16-,21-19-,24-22-,27-25-,30-28-. The van der Waals surface area contributed by atoms with Gasteiger partial charge in [0.2, 0.25) is 0 Å². The van der Waals surface area contributed by atoms with Crippen molar-refractivity contribution in [2.45, 2.75) is 264 Å². The molecule has 1 atom stereocenters. The van der Waals surface area contributed by atoms with Crippen LogP contribution in [0.3, 0.4) is 0 Å². The maximum absolute atomic E-state index is 12.8. The van der Waals surface area contributed by atoms with Crippen molar-refractivity contribution in [3.8, 4) is 0 Å². The van der Waals surface area contributed by atoms with E-state index in [1.165, 1.54) is 128 Å². The van der Waals surface area contributed by atoms with E-state index in [1.807, 2.05) is 0 Å². The molecule has 6 nitrogen and oxygen atoms in total. The van der Waals surface area contributed by atoms with Crippen molar-refractivity contribution >= 4 is 17.9 Å². The molecule has 0 N–H and O–H groups in total. The van der Waals surface area contributed by atoms with Crippen LogP contribution >= 0.6 is 0 Å². The smallest absolute Gasteiger partial charge is 0.306 e. The topological polar surface area (TPSA) is 78.9 Å². The second-order valence-electron chi connectivity index (χ2n) is 17.4. The van der Waals surface area contributed by atoms with Gasteiger partial charge in [-0.3, -0.25) is 14.4 Å². The van der Waals surface area contributed by atoms with Crippen LogP contribution < -0.4 is 0 Å². The van der Waals surface area contributed by atoms with Crippen LogP contribution in [-0.2, 0) is 28.6 Å². The lowest BCUT2D eigenvalue weighted by atomic mass is 10.1. The van der Waals surface area contributed by atoms with Gasteiger partial charge in [-0.05, 0) is 89.9 Å². The Labute approximate surface area is 383 Å². The zero-order valence-corrected chi connectivity index (χ0v) is 40.9. The molecule has 0 aliphatic carbocycles. The minimum Gasteiger partial charge on any atom is -0.462 e. The highest BCUT2D eigenvalue weighted by atomic mass is 16.6. The minimum absolute atomic E-state index is 0.0812. The summed E-state index contributed by atoms with van der Waals surface area (Å²) in [5.74, 6) is -0.905. The van der Waals surface area contributed by atoms with Gasteiger partial charge >= 0.3 is 17.9 Å². The molecule has 358 valence electrons. The third-order valence-electron chi connectivity index (χ3n) is 11.2. The second-order valence-corrected chi connectivity index (χ2v) is 17.4. The van der Waals surface area contributed by atoms with Crippen molar-refractivity contribution in [1.82, 2.24) is 0 Å². The van der Waals surface area contributed by atoms with Gasteiger partial charge < -0.3 is 14.2 Å². The van der Waals surface area contributed by atoms with Crippen LogP contribution in [0.2, 0.25) is 0 Å². The Morgan fingerprint density at radius 1 is 0.323 bits per heavy atom. The Balaban J connectivity index is 4.29. The molecular formula is C56H98O6. The summed E-state index contributed by atoms with van der Waals surface area (Å²) >= 11 is 0. The first-order valence-electron chi connectivity index (χ1n) is 26.3. The van der Waals surface area contributed by atoms with Gasteiger partial charge in [0, 0.05) is 19.3 Å². The minimum atomic E-state index is -0.780. The zero-order valence-electron chi connectivity index (χ0n) is 40.9.